The molecule has 1 aliphatic heterocycles. The highest BCUT2D eigenvalue weighted by molar-refractivity contribution is 5.59. The molecule has 20 heavy (non-hydrogen) atoms. The first-order chi connectivity index (χ1) is 9.63. The number of nitrogens with one attached hydrogen (secondary N) is 1. The Morgan fingerprint density at radius 1 is 1.35 bits per heavy atom. The van der Waals surface area contributed by atoms with Crippen molar-refractivity contribution in [3.05, 3.63) is 15.8 Å². The maximum Gasteiger partial charge on any atom is 0.333 e. The first-order valence-corrected chi connectivity index (χ1v) is 7.30. The topological polar surface area (TPSA) is 76.2 Å². The van der Waals surface area contributed by atoms with Crippen LogP contribution in [0.3, 0.4) is 0 Å². The zero-order chi connectivity index (χ0) is 14.5. The molecule has 0 atom stereocenters. The fourth-order valence-electron chi connectivity index (χ4n) is 2.71. The Labute approximate surface area is 119 Å². The fraction of sp³-hybridized carbons (Fsp3) is 0.769. The molecule has 1 aromatic rings. The molecule has 0 bridgehead atoms. The van der Waals surface area contributed by atoms with Gasteiger partial charge in [0.2, 0.25) is 5.82 Å². The molecule has 0 unspecified atom stereocenters. The van der Waals surface area contributed by atoms with Crippen LogP contribution < -0.4 is 5.32 Å². The van der Waals surface area contributed by atoms with E-state index in [4.69, 9.17) is 0 Å². The van der Waals surface area contributed by atoms with Gasteiger partial charge in [-0.25, -0.2) is 4.68 Å². The van der Waals surface area contributed by atoms with E-state index in [2.05, 4.69) is 15.3 Å². The van der Waals surface area contributed by atoms with Gasteiger partial charge in [-0.05, 0) is 32.4 Å². The SMILES string of the molecule is CCc1nn(C)c(NCCN2CCCCC2)c1[N+](=O)[O-]. The van der Waals surface area contributed by atoms with E-state index in [0.717, 1.165) is 19.6 Å². The third kappa shape index (κ3) is 3.27. The van der Waals surface area contributed by atoms with Crippen molar-refractivity contribution in [3.63, 3.8) is 0 Å². The summed E-state index contributed by atoms with van der Waals surface area (Å²) in [5.74, 6) is 0.517. The number of hydrogen-bond donors (Lipinski definition) is 1. The molecule has 0 aromatic carbocycles. The monoisotopic (exact) mass is 281 g/mol. The van der Waals surface area contributed by atoms with E-state index >= 15 is 0 Å². The van der Waals surface area contributed by atoms with E-state index in [-0.39, 0.29) is 10.6 Å². The summed E-state index contributed by atoms with van der Waals surface area (Å²) >= 11 is 0. The minimum atomic E-state index is -0.338. The van der Waals surface area contributed by atoms with E-state index < -0.39 is 0 Å². The minimum Gasteiger partial charge on any atom is -0.363 e. The van der Waals surface area contributed by atoms with Gasteiger partial charge in [0.25, 0.3) is 0 Å². The second kappa shape index (κ2) is 6.69. The van der Waals surface area contributed by atoms with Crippen molar-refractivity contribution < 1.29 is 4.92 Å². The highest BCUT2D eigenvalue weighted by atomic mass is 16.6. The summed E-state index contributed by atoms with van der Waals surface area (Å²) < 4.78 is 1.58. The lowest BCUT2D eigenvalue weighted by Crippen LogP contribution is -2.34. The Hall–Kier alpha value is -1.63. The molecule has 7 nitrogen and oxygen atoms in total. The lowest BCUT2D eigenvalue weighted by molar-refractivity contribution is -0.384. The summed E-state index contributed by atoms with van der Waals surface area (Å²) in [5, 5.41) is 18.6. The van der Waals surface area contributed by atoms with Crippen molar-refractivity contribution in [1.82, 2.24) is 14.7 Å². The summed E-state index contributed by atoms with van der Waals surface area (Å²) in [6.45, 7) is 5.78. The van der Waals surface area contributed by atoms with Crippen LogP contribution >= 0.6 is 0 Å². The number of hydrogen-bond acceptors (Lipinski definition) is 5. The van der Waals surface area contributed by atoms with E-state index in [9.17, 15) is 10.1 Å². The van der Waals surface area contributed by atoms with Gasteiger partial charge in [0.1, 0.15) is 5.69 Å². The summed E-state index contributed by atoms with van der Waals surface area (Å²) in [4.78, 5) is 13.2. The normalized spacial score (nSPS) is 16.3. The van der Waals surface area contributed by atoms with Crippen molar-refractivity contribution in [2.75, 3.05) is 31.5 Å². The second-order valence-electron chi connectivity index (χ2n) is 5.21. The van der Waals surface area contributed by atoms with Gasteiger partial charge in [0, 0.05) is 20.1 Å². The van der Waals surface area contributed by atoms with Gasteiger partial charge in [-0.15, -0.1) is 0 Å². The van der Waals surface area contributed by atoms with Gasteiger partial charge in [-0.1, -0.05) is 13.3 Å². The van der Waals surface area contributed by atoms with Crippen LogP contribution in [0.25, 0.3) is 0 Å². The number of aromatic nitrogens is 2. The van der Waals surface area contributed by atoms with Gasteiger partial charge in [-0.2, -0.15) is 5.10 Å². The standard InChI is InChI=1S/C13H23N5O2/c1-3-11-12(18(19)20)13(16(2)15-11)14-7-10-17-8-5-4-6-9-17/h14H,3-10H2,1-2H3. The smallest absolute Gasteiger partial charge is 0.333 e. The molecule has 0 spiro atoms. The molecule has 112 valence electrons. The molecule has 2 rings (SSSR count). The van der Waals surface area contributed by atoms with Crippen LogP contribution in [0.4, 0.5) is 11.5 Å². The Bertz CT molecular complexity index is 466. The molecule has 0 amide bonds. The number of anilines is 1. The van der Waals surface area contributed by atoms with Gasteiger partial charge >= 0.3 is 5.69 Å². The highest BCUT2D eigenvalue weighted by Gasteiger charge is 2.25. The number of nitrogens with zero attached hydrogens (tertiary/aromatic N) is 4. The molecular formula is C13H23N5O2. The van der Waals surface area contributed by atoms with Crippen LogP contribution in [0, 0.1) is 10.1 Å². The first-order valence-electron chi connectivity index (χ1n) is 7.30. The molecule has 2 heterocycles. The van der Waals surface area contributed by atoms with E-state index in [1.54, 1.807) is 11.7 Å². The Balaban J connectivity index is 1.97. The van der Waals surface area contributed by atoms with E-state index in [1.165, 1.54) is 19.3 Å². The van der Waals surface area contributed by atoms with Crippen LogP contribution in [0.15, 0.2) is 0 Å². The van der Waals surface area contributed by atoms with Crippen molar-refractivity contribution in [2.45, 2.75) is 32.6 Å². The molecule has 0 radical (unpaired) electrons. The third-order valence-electron chi connectivity index (χ3n) is 3.78. The van der Waals surface area contributed by atoms with Crippen molar-refractivity contribution >= 4 is 11.5 Å². The maximum absolute atomic E-state index is 11.2. The zero-order valence-corrected chi connectivity index (χ0v) is 12.3. The lowest BCUT2D eigenvalue weighted by Gasteiger charge is -2.26. The Morgan fingerprint density at radius 2 is 2.05 bits per heavy atom. The summed E-state index contributed by atoms with van der Waals surface area (Å²) in [6.07, 6.45) is 4.40. The predicted molar refractivity (Wildman–Crippen MR) is 78.0 cm³/mol. The summed E-state index contributed by atoms with van der Waals surface area (Å²) in [6, 6.07) is 0. The van der Waals surface area contributed by atoms with Crippen LogP contribution in [-0.4, -0.2) is 45.8 Å². The number of likely N-dealkylation sites (tertiary alicyclic amines) is 1. The molecule has 0 aliphatic carbocycles. The average molecular weight is 281 g/mol. The summed E-state index contributed by atoms with van der Waals surface area (Å²) in [5.41, 5.74) is 0.659. The average Bonchev–Trinajstić information content (AvgIpc) is 2.77. The van der Waals surface area contributed by atoms with Gasteiger partial charge in [0.05, 0.1) is 4.92 Å². The Morgan fingerprint density at radius 3 is 2.65 bits per heavy atom. The number of rotatable bonds is 6. The minimum absolute atomic E-state index is 0.119. The summed E-state index contributed by atoms with van der Waals surface area (Å²) in [7, 11) is 1.75. The molecule has 1 N–H and O–H groups in total. The van der Waals surface area contributed by atoms with Crippen LogP contribution in [0.5, 0.6) is 0 Å². The van der Waals surface area contributed by atoms with E-state index in [1.807, 2.05) is 6.92 Å². The zero-order valence-electron chi connectivity index (χ0n) is 12.3. The molecule has 1 fully saturated rings. The van der Waals surface area contributed by atoms with Crippen molar-refractivity contribution in [2.24, 2.45) is 7.05 Å². The largest absolute Gasteiger partial charge is 0.363 e. The molecule has 1 saturated heterocycles. The van der Waals surface area contributed by atoms with Gasteiger partial charge in [-0.3, -0.25) is 10.1 Å². The second-order valence-corrected chi connectivity index (χ2v) is 5.21. The quantitative estimate of drug-likeness (QED) is 0.635. The third-order valence-corrected chi connectivity index (χ3v) is 3.78. The van der Waals surface area contributed by atoms with Crippen LogP contribution in [0.1, 0.15) is 31.9 Å². The molecule has 1 aromatic heterocycles. The maximum atomic E-state index is 11.2. The lowest BCUT2D eigenvalue weighted by atomic mass is 10.1. The van der Waals surface area contributed by atoms with Gasteiger partial charge < -0.3 is 10.2 Å². The van der Waals surface area contributed by atoms with E-state index in [0.29, 0.717) is 24.5 Å². The van der Waals surface area contributed by atoms with Gasteiger partial charge in [0.15, 0.2) is 0 Å². The molecule has 7 heteroatoms. The number of nitro groups is 1. The highest BCUT2D eigenvalue weighted by Crippen LogP contribution is 2.28. The number of aryl methyl sites for hydroxylation is 2. The number of piperidine rings is 1. The molecular weight excluding hydrogens is 258 g/mol. The van der Waals surface area contributed by atoms with Crippen molar-refractivity contribution in [1.29, 1.82) is 0 Å². The van der Waals surface area contributed by atoms with Crippen LogP contribution in [-0.2, 0) is 13.5 Å². The molecule has 1 aliphatic rings. The predicted octanol–water partition coefficient (Wildman–Crippen LogP) is 1.79. The fourth-order valence-corrected chi connectivity index (χ4v) is 2.71. The molecule has 0 saturated carbocycles. The van der Waals surface area contributed by atoms with Crippen LogP contribution in [0.2, 0.25) is 0 Å². The first kappa shape index (κ1) is 14.8. The van der Waals surface area contributed by atoms with Crippen molar-refractivity contribution in [3.8, 4) is 0 Å². The Kier molecular flexibility index (Phi) is 4.94.